The van der Waals surface area contributed by atoms with Crippen LogP contribution in [0.2, 0.25) is 0 Å². The van der Waals surface area contributed by atoms with E-state index in [0.717, 1.165) is 6.54 Å². The van der Waals surface area contributed by atoms with E-state index in [-0.39, 0.29) is 0 Å². The molecule has 0 amide bonds. The summed E-state index contributed by atoms with van der Waals surface area (Å²) in [6, 6.07) is 9.47. The summed E-state index contributed by atoms with van der Waals surface area (Å²) in [7, 11) is 0. The van der Waals surface area contributed by atoms with Gasteiger partial charge < -0.3 is 9.88 Å². The van der Waals surface area contributed by atoms with Crippen molar-refractivity contribution in [2.24, 2.45) is 0 Å². The fourth-order valence-corrected chi connectivity index (χ4v) is 3.64. The number of hydrogen-bond donors (Lipinski definition) is 1. The molecule has 1 N–H and O–H groups in total. The quantitative estimate of drug-likeness (QED) is 0.772. The number of nitrogens with one attached hydrogen (secondary N) is 1. The number of benzene rings is 1. The van der Waals surface area contributed by atoms with Gasteiger partial charge in [0.2, 0.25) is 0 Å². The van der Waals surface area contributed by atoms with E-state index < -0.39 is 0 Å². The van der Waals surface area contributed by atoms with Crippen LogP contribution in [0.4, 0.5) is 0 Å². The van der Waals surface area contributed by atoms with E-state index in [0.29, 0.717) is 12.1 Å². The third-order valence-corrected chi connectivity index (χ3v) is 4.53. The van der Waals surface area contributed by atoms with Crippen molar-refractivity contribution in [2.75, 3.05) is 0 Å². The van der Waals surface area contributed by atoms with Crippen molar-refractivity contribution in [3.8, 4) is 0 Å². The zero-order valence-electron chi connectivity index (χ0n) is 11.8. The molecule has 0 radical (unpaired) electrons. The van der Waals surface area contributed by atoms with Gasteiger partial charge in [0.25, 0.3) is 0 Å². The van der Waals surface area contributed by atoms with Gasteiger partial charge in [0, 0.05) is 35.7 Å². The van der Waals surface area contributed by atoms with E-state index in [1.54, 1.807) is 0 Å². The molecule has 20 heavy (non-hydrogen) atoms. The van der Waals surface area contributed by atoms with Crippen LogP contribution in [-0.4, -0.2) is 15.6 Å². The van der Waals surface area contributed by atoms with Gasteiger partial charge in [0.15, 0.2) is 0 Å². The third-order valence-electron chi connectivity index (χ3n) is 3.55. The first-order valence-electron chi connectivity index (χ1n) is 6.92. The maximum absolute atomic E-state index is 4.08. The molecule has 0 aliphatic carbocycles. The normalized spacial score (nSPS) is 14.5. The van der Waals surface area contributed by atoms with Crippen molar-refractivity contribution >= 4 is 21.4 Å². The lowest BCUT2D eigenvalue weighted by Gasteiger charge is -2.21. The van der Waals surface area contributed by atoms with Gasteiger partial charge in [-0.15, -0.1) is 11.3 Å². The Morgan fingerprint density at radius 2 is 2.20 bits per heavy atom. The highest BCUT2D eigenvalue weighted by molar-refractivity contribution is 7.17. The fourth-order valence-electron chi connectivity index (χ4n) is 2.64. The smallest absolute Gasteiger partial charge is 0.0946 e. The van der Waals surface area contributed by atoms with E-state index in [9.17, 15) is 0 Å². The molecular formula is C16H19N3S. The maximum Gasteiger partial charge on any atom is 0.0946 e. The number of nitrogens with zero attached hydrogens (tertiary/aromatic N) is 2. The predicted molar refractivity (Wildman–Crippen MR) is 85.1 cm³/mol. The summed E-state index contributed by atoms with van der Waals surface area (Å²) in [5.74, 6) is 0. The number of rotatable bonds is 5. The Morgan fingerprint density at radius 3 is 3.00 bits per heavy atom. The van der Waals surface area contributed by atoms with Crippen molar-refractivity contribution in [1.29, 1.82) is 0 Å². The van der Waals surface area contributed by atoms with Gasteiger partial charge in [0.05, 0.1) is 6.33 Å². The molecule has 2 atom stereocenters. The minimum Gasteiger partial charge on any atom is -0.336 e. The average molecular weight is 285 g/mol. The molecule has 3 aromatic rings. The molecule has 1 aromatic carbocycles. The Labute approximate surface area is 123 Å². The number of fused-ring (bicyclic) bond motifs is 1. The van der Waals surface area contributed by atoms with Crippen LogP contribution >= 0.6 is 11.3 Å². The first-order valence-corrected chi connectivity index (χ1v) is 7.80. The highest BCUT2D eigenvalue weighted by Crippen LogP contribution is 2.29. The first kappa shape index (κ1) is 13.3. The summed E-state index contributed by atoms with van der Waals surface area (Å²) in [6.07, 6.45) is 5.69. The molecular weight excluding hydrogens is 266 g/mol. The first-order chi connectivity index (χ1) is 9.74. The number of imidazole rings is 1. The van der Waals surface area contributed by atoms with Gasteiger partial charge in [-0.3, -0.25) is 0 Å². The summed E-state index contributed by atoms with van der Waals surface area (Å²) in [6.45, 7) is 5.38. The van der Waals surface area contributed by atoms with Crippen molar-refractivity contribution in [3.05, 3.63) is 53.9 Å². The van der Waals surface area contributed by atoms with Crippen LogP contribution in [0.25, 0.3) is 10.1 Å². The third kappa shape index (κ3) is 2.76. The SMILES string of the molecule is CC(Cn1ccnc1)NC(C)c1cccc2ccsc12. The average Bonchev–Trinajstić information content (AvgIpc) is 3.08. The molecule has 3 nitrogen and oxygen atoms in total. The summed E-state index contributed by atoms with van der Waals surface area (Å²) in [4.78, 5) is 4.08. The highest BCUT2D eigenvalue weighted by Gasteiger charge is 2.13. The van der Waals surface area contributed by atoms with Crippen LogP contribution in [-0.2, 0) is 6.54 Å². The summed E-state index contributed by atoms with van der Waals surface area (Å²) < 4.78 is 3.50. The van der Waals surface area contributed by atoms with Gasteiger partial charge in [-0.1, -0.05) is 18.2 Å². The maximum atomic E-state index is 4.08. The van der Waals surface area contributed by atoms with E-state index in [1.807, 2.05) is 30.1 Å². The van der Waals surface area contributed by atoms with Crippen molar-refractivity contribution in [3.63, 3.8) is 0 Å². The van der Waals surface area contributed by atoms with Gasteiger partial charge in [-0.2, -0.15) is 0 Å². The lowest BCUT2D eigenvalue weighted by molar-refractivity contribution is 0.432. The largest absolute Gasteiger partial charge is 0.336 e. The topological polar surface area (TPSA) is 29.9 Å². The second kappa shape index (κ2) is 5.77. The minimum atomic E-state index is 0.343. The van der Waals surface area contributed by atoms with E-state index in [4.69, 9.17) is 0 Å². The molecule has 2 heterocycles. The molecule has 2 unspecified atom stereocenters. The highest BCUT2D eigenvalue weighted by atomic mass is 32.1. The lowest BCUT2D eigenvalue weighted by atomic mass is 10.1. The zero-order chi connectivity index (χ0) is 13.9. The van der Waals surface area contributed by atoms with Gasteiger partial charge in [-0.25, -0.2) is 4.98 Å². The van der Waals surface area contributed by atoms with Crippen LogP contribution < -0.4 is 5.32 Å². The molecule has 3 rings (SSSR count). The van der Waals surface area contributed by atoms with Crippen LogP contribution in [0.1, 0.15) is 25.5 Å². The second-order valence-electron chi connectivity index (χ2n) is 5.24. The Bertz CT molecular complexity index is 672. The van der Waals surface area contributed by atoms with E-state index >= 15 is 0 Å². The van der Waals surface area contributed by atoms with Crippen molar-refractivity contribution < 1.29 is 0 Å². The molecule has 0 fully saturated rings. The van der Waals surface area contributed by atoms with Crippen molar-refractivity contribution in [2.45, 2.75) is 32.5 Å². The van der Waals surface area contributed by atoms with Crippen molar-refractivity contribution in [1.82, 2.24) is 14.9 Å². The molecule has 2 aromatic heterocycles. The van der Waals surface area contributed by atoms with E-state index in [1.165, 1.54) is 15.6 Å². The number of aromatic nitrogens is 2. The summed E-state index contributed by atoms with van der Waals surface area (Å²) >= 11 is 1.82. The van der Waals surface area contributed by atoms with Gasteiger partial charge in [0.1, 0.15) is 0 Å². The fraction of sp³-hybridized carbons (Fsp3) is 0.312. The molecule has 0 saturated heterocycles. The molecule has 0 aliphatic rings. The Kier molecular flexibility index (Phi) is 3.85. The number of hydrogen-bond acceptors (Lipinski definition) is 3. The molecule has 0 spiro atoms. The standard InChI is InChI=1S/C16H19N3S/c1-12(10-19-8-7-17-11-19)18-13(2)15-5-3-4-14-6-9-20-16(14)15/h3-9,11-13,18H,10H2,1-2H3. The molecule has 0 aliphatic heterocycles. The molecule has 0 saturated carbocycles. The van der Waals surface area contributed by atoms with Crippen LogP contribution in [0.3, 0.4) is 0 Å². The minimum absolute atomic E-state index is 0.343. The molecule has 0 bridgehead atoms. The Hall–Kier alpha value is -1.65. The Balaban J connectivity index is 1.72. The molecule has 104 valence electrons. The van der Waals surface area contributed by atoms with Crippen LogP contribution in [0.15, 0.2) is 48.4 Å². The van der Waals surface area contributed by atoms with Gasteiger partial charge in [-0.05, 0) is 36.2 Å². The zero-order valence-corrected chi connectivity index (χ0v) is 12.6. The summed E-state index contributed by atoms with van der Waals surface area (Å²) in [5.41, 5.74) is 1.38. The van der Waals surface area contributed by atoms with Crippen LogP contribution in [0.5, 0.6) is 0 Å². The monoisotopic (exact) mass is 285 g/mol. The van der Waals surface area contributed by atoms with Gasteiger partial charge >= 0.3 is 0 Å². The number of thiophene rings is 1. The lowest BCUT2D eigenvalue weighted by Crippen LogP contribution is -2.32. The second-order valence-corrected chi connectivity index (χ2v) is 6.15. The predicted octanol–water partition coefficient (Wildman–Crippen LogP) is 3.84. The van der Waals surface area contributed by atoms with E-state index in [2.05, 4.69) is 58.4 Å². The molecule has 4 heteroatoms. The summed E-state index contributed by atoms with van der Waals surface area (Å²) in [5, 5.41) is 7.17. The van der Waals surface area contributed by atoms with Crippen LogP contribution in [0, 0.1) is 0 Å². The Morgan fingerprint density at radius 1 is 1.30 bits per heavy atom.